The normalized spacial score (nSPS) is 21.1. The summed E-state index contributed by atoms with van der Waals surface area (Å²) in [5.74, 6) is -0.821. The van der Waals surface area contributed by atoms with Gasteiger partial charge in [0.15, 0.2) is 0 Å². The number of hydrogen-bond acceptors (Lipinski definition) is 3. The Hall–Kier alpha value is -2.82. The molecule has 4 rings (SSSR count). The highest BCUT2D eigenvalue weighted by molar-refractivity contribution is 5.79. The molecule has 0 heterocycles. The zero-order valence-corrected chi connectivity index (χ0v) is 17.2. The van der Waals surface area contributed by atoms with E-state index in [1.54, 1.807) is 0 Å². The number of fused-ring (bicyclic) bond motifs is 3. The third-order valence-corrected chi connectivity index (χ3v) is 6.49. The lowest BCUT2D eigenvalue weighted by Gasteiger charge is -2.29. The highest BCUT2D eigenvalue weighted by Gasteiger charge is 2.30. The van der Waals surface area contributed by atoms with Crippen molar-refractivity contribution in [3.63, 3.8) is 0 Å². The summed E-state index contributed by atoms with van der Waals surface area (Å²) in [7, 11) is 0. The third-order valence-electron chi connectivity index (χ3n) is 6.49. The van der Waals surface area contributed by atoms with E-state index in [1.807, 2.05) is 24.3 Å². The molecular formula is C25H29NO4. The molecule has 1 saturated carbocycles. The second kappa shape index (κ2) is 9.33. The van der Waals surface area contributed by atoms with Crippen molar-refractivity contribution >= 4 is 12.1 Å². The molecule has 2 aromatic carbocycles. The number of rotatable bonds is 5. The molecule has 0 radical (unpaired) electrons. The van der Waals surface area contributed by atoms with Gasteiger partial charge in [0, 0.05) is 12.0 Å². The van der Waals surface area contributed by atoms with Crippen molar-refractivity contribution in [1.29, 1.82) is 0 Å². The highest BCUT2D eigenvalue weighted by atomic mass is 16.5. The largest absolute Gasteiger partial charge is 0.481 e. The molecule has 2 aromatic rings. The van der Waals surface area contributed by atoms with E-state index in [-0.39, 0.29) is 30.9 Å². The summed E-state index contributed by atoms with van der Waals surface area (Å²) in [6, 6.07) is 16.4. The van der Waals surface area contributed by atoms with Crippen molar-refractivity contribution in [2.45, 2.75) is 56.9 Å². The zero-order chi connectivity index (χ0) is 20.9. The monoisotopic (exact) mass is 407 g/mol. The fraction of sp³-hybridized carbons (Fsp3) is 0.440. The average molecular weight is 408 g/mol. The SMILES string of the molecule is O=C(O)CC1CCCCCCC1NC(=O)OCC1c2ccccc2-c2ccccc21. The van der Waals surface area contributed by atoms with Crippen LogP contribution in [0.2, 0.25) is 0 Å². The summed E-state index contributed by atoms with van der Waals surface area (Å²) in [4.78, 5) is 23.9. The van der Waals surface area contributed by atoms with Crippen LogP contribution in [0.15, 0.2) is 48.5 Å². The van der Waals surface area contributed by atoms with Crippen molar-refractivity contribution in [2.24, 2.45) is 5.92 Å². The molecule has 2 aliphatic rings. The molecule has 0 aromatic heterocycles. The van der Waals surface area contributed by atoms with E-state index >= 15 is 0 Å². The second-order valence-corrected chi connectivity index (χ2v) is 8.43. The summed E-state index contributed by atoms with van der Waals surface area (Å²) in [6.45, 7) is 0.274. The Morgan fingerprint density at radius 2 is 1.50 bits per heavy atom. The van der Waals surface area contributed by atoms with Gasteiger partial charge in [-0.2, -0.15) is 0 Å². The predicted octanol–water partition coefficient (Wildman–Crippen LogP) is 5.34. The van der Waals surface area contributed by atoms with Crippen molar-refractivity contribution in [3.8, 4) is 11.1 Å². The second-order valence-electron chi connectivity index (χ2n) is 8.43. The number of carbonyl (C=O) groups is 2. The van der Waals surface area contributed by atoms with Gasteiger partial charge >= 0.3 is 12.1 Å². The Morgan fingerprint density at radius 1 is 0.900 bits per heavy atom. The van der Waals surface area contributed by atoms with Crippen LogP contribution in [0, 0.1) is 5.92 Å². The molecular weight excluding hydrogens is 378 g/mol. The van der Waals surface area contributed by atoms with Gasteiger partial charge in [0.05, 0.1) is 6.42 Å². The lowest BCUT2D eigenvalue weighted by atomic mass is 9.85. The zero-order valence-electron chi connectivity index (χ0n) is 17.2. The van der Waals surface area contributed by atoms with E-state index in [9.17, 15) is 14.7 Å². The molecule has 2 atom stereocenters. The molecule has 1 amide bonds. The van der Waals surface area contributed by atoms with Gasteiger partial charge in [0.25, 0.3) is 0 Å². The Balaban J connectivity index is 1.42. The Kier molecular flexibility index (Phi) is 6.36. The van der Waals surface area contributed by atoms with Gasteiger partial charge in [-0.05, 0) is 41.0 Å². The van der Waals surface area contributed by atoms with Crippen molar-refractivity contribution in [2.75, 3.05) is 6.61 Å². The van der Waals surface area contributed by atoms with Gasteiger partial charge in [-0.25, -0.2) is 4.79 Å². The van der Waals surface area contributed by atoms with Gasteiger partial charge in [-0.3, -0.25) is 4.79 Å². The smallest absolute Gasteiger partial charge is 0.407 e. The van der Waals surface area contributed by atoms with Crippen LogP contribution in [0.4, 0.5) is 4.79 Å². The fourth-order valence-corrected chi connectivity index (χ4v) is 5.01. The summed E-state index contributed by atoms with van der Waals surface area (Å²) >= 11 is 0. The van der Waals surface area contributed by atoms with Gasteiger partial charge in [0.1, 0.15) is 6.61 Å². The quantitative estimate of drug-likeness (QED) is 0.702. The molecule has 2 N–H and O–H groups in total. The highest BCUT2D eigenvalue weighted by Crippen LogP contribution is 2.44. The number of benzene rings is 2. The summed E-state index contributed by atoms with van der Waals surface area (Å²) in [5.41, 5.74) is 4.76. The minimum atomic E-state index is -0.806. The molecule has 30 heavy (non-hydrogen) atoms. The van der Waals surface area contributed by atoms with E-state index in [0.717, 1.165) is 38.5 Å². The number of amides is 1. The Labute approximate surface area is 177 Å². The first-order valence-corrected chi connectivity index (χ1v) is 11.0. The van der Waals surface area contributed by atoms with E-state index in [1.165, 1.54) is 22.3 Å². The average Bonchev–Trinajstić information content (AvgIpc) is 3.05. The van der Waals surface area contributed by atoms with Crippen LogP contribution in [-0.2, 0) is 9.53 Å². The maximum Gasteiger partial charge on any atom is 0.407 e. The summed E-state index contributed by atoms with van der Waals surface area (Å²) in [5, 5.41) is 12.3. The molecule has 2 aliphatic carbocycles. The molecule has 5 heteroatoms. The number of alkyl carbamates (subject to hydrolysis) is 1. The van der Waals surface area contributed by atoms with E-state index in [4.69, 9.17) is 4.74 Å². The summed E-state index contributed by atoms with van der Waals surface area (Å²) in [6.07, 6.45) is 5.57. The maximum absolute atomic E-state index is 12.6. The van der Waals surface area contributed by atoms with Crippen LogP contribution in [0.3, 0.4) is 0 Å². The first-order chi connectivity index (χ1) is 14.6. The van der Waals surface area contributed by atoms with Crippen LogP contribution < -0.4 is 5.32 Å². The Bertz CT molecular complexity index is 864. The molecule has 1 fully saturated rings. The number of aliphatic carboxylic acids is 1. The maximum atomic E-state index is 12.6. The summed E-state index contributed by atoms with van der Waals surface area (Å²) < 4.78 is 5.67. The minimum Gasteiger partial charge on any atom is -0.481 e. The minimum absolute atomic E-state index is 0.0234. The van der Waals surface area contributed by atoms with Gasteiger partial charge in [0.2, 0.25) is 0 Å². The van der Waals surface area contributed by atoms with Gasteiger partial charge < -0.3 is 15.2 Å². The lowest BCUT2D eigenvalue weighted by Crippen LogP contribution is -2.42. The molecule has 5 nitrogen and oxygen atoms in total. The van der Waals surface area contributed by atoms with Crippen LogP contribution >= 0.6 is 0 Å². The lowest BCUT2D eigenvalue weighted by molar-refractivity contribution is -0.138. The number of hydrogen-bond donors (Lipinski definition) is 2. The van der Waals surface area contributed by atoms with Crippen LogP contribution in [0.25, 0.3) is 11.1 Å². The topological polar surface area (TPSA) is 75.6 Å². The van der Waals surface area contributed by atoms with Crippen LogP contribution in [0.1, 0.15) is 62.0 Å². The van der Waals surface area contributed by atoms with Crippen LogP contribution in [0.5, 0.6) is 0 Å². The third kappa shape index (κ3) is 4.50. The van der Waals surface area contributed by atoms with E-state index in [2.05, 4.69) is 29.6 Å². The fourth-order valence-electron chi connectivity index (χ4n) is 5.01. The number of carboxylic acids is 1. The van der Waals surface area contributed by atoms with Crippen molar-refractivity contribution in [1.82, 2.24) is 5.32 Å². The van der Waals surface area contributed by atoms with Crippen LogP contribution in [-0.4, -0.2) is 29.8 Å². The number of carbonyl (C=O) groups excluding carboxylic acids is 1. The molecule has 0 spiro atoms. The predicted molar refractivity (Wildman–Crippen MR) is 115 cm³/mol. The standard InChI is InChI=1S/C25H29NO4/c27-24(28)15-17-9-3-1-2-4-14-23(17)26-25(29)30-16-22-20-12-7-5-10-18(20)19-11-6-8-13-21(19)22/h5-8,10-13,17,22-23H,1-4,9,14-16H2,(H,26,29)(H,27,28). The number of ether oxygens (including phenoxy) is 1. The van der Waals surface area contributed by atoms with E-state index < -0.39 is 12.1 Å². The molecule has 0 aliphatic heterocycles. The number of carboxylic acid groups (broad SMARTS) is 1. The van der Waals surface area contributed by atoms with Gasteiger partial charge in [-0.15, -0.1) is 0 Å². The molecule has 0 bridgehead atoms. The molecule has 2 unspecified atom stereocenters. The van der Waals surface area contributed by atoms with Gasteiger partial charge in [-0.1, -0.05) is 74.2 Å². The molecule has 0 saturated heterocycles. The molecule has 158 valence electrons. The van der Waals surface area contributed by atoms with E-state index in [0.29, 0.717) is 0 Å². The van der Waals surface area contributed by atoms with Crippen molar-refractivity contribution in [3.05, 3.63) is 59.7 Å². The van der Waals surface area contributed by atoms with Crippen molar-refractivity contribution < 1.29 is 19.4 Å². The first-order valence-electron chi connectivity index (χ1n) is 11.0. The first kappa shape index (κ1) is 20.5. The Morgan fingerprint density at radius 3 is 2.13 bits per heavy atom. The number of nitrogens with one attached hydrogen (secondary N) is 1.